The number of hydrogen-bond acceptors (Lipinski definition) is 4. The maximum atomic E-state index is 11.9. The van der Waals surface area contributed by atoms with Crippen LogP contribution in [0, 0.1) is 6.92 Å². The molecule has 0 radical (unpaired) electrons. The lowest BCUT2D eigenvalue weighted by atomic mass is 10.1. The van der Waals surface area contributed by atoms with Crippen LogP contribution in [-0.4, -0.2) is 30.0 Å². The van der Waals surface area contributed by atoms with Gasteiger partial charge in [-0.05, 0) is 19.1 Å². The number of carbonyl (C=O) groups excluding carboxylic acids is 1. The molecule has 116 valence electrons. The summed E-state index contributed by atoms with van der Waals surface area (Å²) >= 11 is 12.3. The fourth-order valence-electron chi connectivity index (χ4n) is 1.94. The van der Waals surface area contributed by atoms with Crippen molar-refractivity contribution in [3.8, 4) is 11.3 Å². The van der Waals surface area contributed by atoms with Gasteiger partial charge in [0.1, 0.15) is 12.0 Å². The Morgan fingerprint density at radius 3 is 2.64 bits per heavy atom. The maximum Gasteiger partial charge on any atom is 0.359 e. The lowest BCUT2D eigenvalue weighted by molar-refractivity contribution is -0.134. The summed E-state index contributed by atoms with van der Waals surface area (Å²) in [6.45, 7) is 1.75. The minimum atomic E-state index is -0.582. The van der Waals surface area contributed by atoms with Crippen LogP contribution in [0.2, 0.25) is 10.0 Å². The molecule has 0 saturated heterocycles. The molecule has 5 nitrogen and oxygen atoms in total. The first-order valence-corrected chi connectivity index (χ1v) is 7.08. The van der Waals surface area contributed by atoms with Crippen molar-refractivity contribution in [3.05, 3.63) is 46.3 Å². The van der Waals surface area contributed by atoms with Crippen molar-refractivity contribution in [2.45, 2.75) is 6.92 Å². The zero-order chi connectivity index (χ0) is 16.3. The quantitative estimate of drug-likeness (QED) is 0.482. The third kappa shape index (κ3) is 3.10. The Hall–Kier alpha value is -1.98. The molecule has 1 heterocycles. The van der Waals surface area contributed by atoms with Crippen LogP contribution in [0.25, 0.3) is 17.0 Å². The minimum Gasteiger partial charge on any atom is -0.502 e. The van der Waals surface area contributed by atoms with Gasteiger partial charge in [0.15, 0.2) is 5.70 Å². The third-order valence-corrected chi connectivity index (χ3v) is 3.68. The van der Waals surface area contributed by atoms with Gasteiger partial charge in [0.25, 0.3) is 0 Å². The molecule has 1 aromatic heterocycles. The van der Waals surface area contributed by atoms with Crippen LogP contribution in [0.5, 0.6) is 0 Å². The van der Waals surface area contributed by atoms with E-state index >= 15 is 0 Å². The number of benzene rings is 1. The molecule has 0 aliphatic heterocycles. The molecule has 0 unspecified atom stereocenters. The molecule has 0 atom stereocenters. The van der Waals surface area contributed by atoms with E-state index in [1.807, 2.05) is 6.07 Å². The molecular formula is C15H14Cl2N2O3. The molecule has 0 amide bonds. The van der Waals surface area contributed by atoms with E-state index in [1.54, 1.807) is 25.1 Å². The van der Waals surface area contributed by atoms with Crippen molar-refractivity contribution >= 4 is 34.9 Å². The first kappa shape index (κ1) is 16.4. The van der Waals surface area contributed by atoms with Crippen molar-refractivity contribution in [2.75, 3.05) is 14.2 Å². The Kier molecular flexibility index (Phi) is 5.11. The SMILES string of the molecule is CO/C=C(/C(=O)OC)n1nc(-c2cccc(Cl)c2)c(Cl)c1C. The van der Waals surface area contributed by atoms with E-state index in [9.17, 15) is 4.79 Å². The third-order valence-electron chi connectivity index (χ3n) is 2.99. The van der Waals surface area contributed by atoms with E-state index in [0.717, 1.165) is 5.56 Å². The van der Waals surface area contributed by atoms with Crippen molar-refractivity contribution < 1.29 is 14.3 Å². The van der Waals surface area contributed by atoms with E-state index in [1.165, 1.54) is 25.2 Å². The van der Waals surface area contributed by atoms with Crippen molar-refractivity contribution in [3.63, 3.8) is 0 Å². The Balaban J connectivity index is 2.59. The van der Waals surface area contributed by atoms with Crippen LogP contribution >= 0.6 is 23.2 Å². The Morgan fingerprint density at radius 1 is 1.32 bits per heavy atom. The van der Waals surface area contributed by atoms with Crippen LogP contribution in [0.4, 0.5) is 0 Å². The number of ether oxygens (including phenoxy) is 2. The van der Waals surface area contributed by atoms with Crippen molar-refractivity contribution in [1.29, 1.82) is 0 Å². The van der Waals surface area contributed by atoms with Crippen LogP contribution in [0.3, 0.4) is 0 Å². The van der Waals surface area contributed by atoms with Gasteiger partial charge in [0.2, 0.25) is 0 Å². The van der Waals surface area contributed by atoms with Gasteiger partial charge >= 0.3 is 5.97 Å². The van der Waals surface area contributed by atoms with Crippen LogP contribution < -0.4 is 0 Å². The monoisotopic (exact) mass is 340 g/mol. The molecule has 0 bridgehead atoms. The van der Waals surface area contributed by atoms with Gasteiger partial charge in [-0.1, -0.05) is 35.3 Å². The standard InChI is InChI=1S/C15H14Cl2N2O3/c1-9-13(17)14(10-5-4-6-11(16)7-10)18-19(9)12(8-21-2)15(20)22-3/h4-8H,1-3H3/b12-8-. The molecule has 0 fully saturated rings. The molecule has 1 aromatic carbocycles. The predicted molar refractivity (Wildman–Crippen MR) is 85.7 cm³/mol. The number of esters is 1. The van der Waals surface area contributed by atoms with E-state index in [2.05, 4.69) is 5.10 Å². The number of hydrogen-bond donors (Lipinski definition) is 0. The van der Waals surface area contributed by atoms with Gasteiger partial charge < -0.3 is 9.47 Å². The number of rotatable bonds is 4. The highest BCUT2D eigenvalue weighted by molar-refractivity contribution is 6.34. The van der Waals surface area contributed by atoms with Gasteiger partial charge in [-0.15, -0.1) is 0 Å². The summed E-state index contributed by atoms with van der Waals surface area (Å²) in [6, 6.07) is 7.14. The second-order valence-corrected chi connectivity index (χ2v) is 5.21. The molecule has 0 spiro atoms. The van der Waals surface area contributed by atoms with Crippen molar-refractivity contribution in [2.24, 2.45) is 0 Å². The molecule has 2 rings (SSSR count). The van der Waals surface area contributed by atoms with Gasteiger partial charge in [0.05, 0.1) is 24.9 Å². The molecule has 0 N–H and O–H groups in total. The number of carbonyl (C=O) groups is 1. The number of aromatic nitrogens is 2. The van der Waals surface area contributed by atoms with E-state index < -0.39 is 5.97 Å². The largest absolute Gasteiger partial charge is 0.502 e. The van der Waals surface area contributed by atoms with Crippen LogP contribution in [0.15, 0.2) is 30.5 Å². The molecule has 0 aliphatic carbocycles. The molecule has 0 aliphatic rings. The highest BCUT2D eigenvalue weighted by atomic mass is 35.5. The topological polar surface area (TPSA) is 53.4 Å². The first-order chi connectivity index (χ1) is 10.5. The first-order valence-electron chi connectivity index (χ1n) is 6.32. The Bertz CT molecular complexity index is 738. The van der Waals surface area contributed by atoms with Gasteiger partial charge in [-0.2, -0.15) is 5.10 Å². The minimum absolute atomic E-state index is 0.123. The zero-order valence-electron chi connectivity index (χ0n) is 12.3. The summed E-state index contributed by atoms with van der Waals surface area (Å²) in [6.07, 6.45) is 1.25. The van der Waals surface area contributed by atoms with E-state index in [-0.39, 0.29) is 5.70 Å². The second-order valence-electron chi connectivity index (χ2n) is 4.40. The highest BCUT2D eigenvalue weighted by Gasteiger charge is 2.21. The fraction of sp³-hybridized carbons (Fsp3) is 0.200. The number of methoxy groups -OCH3 is 2. The van der Waals surface area contributed by atoms with Gasteiger partial charge in [0, 0.05) is 10.6 Å². The number of nitrogens with zero attached hydrogens (tertiary/aromatic N) is 2. The summed E-state index contributed by atoms with van der Waals surface area (Å²) in [7, 11) is 2.71. The summed E-state index contributed by atoms with van der Waals surface area (Å²) in [4.78, 5) is 11.9. The summed E-state index contributed by atoms with van der Waals surface area (Å²) in [5, 5.41) is 5.38. The number of halogens is 2. The normalized spacial score (nSPS) is 11.4. The Labute approximate surface area is 138 Å². The lowest BCUT2D eigenvalue weighted by Crippen LogP contribution is -2.13. The molecular weight excluding hydrogens is 327 g/mol. The lowest BCUT2D eigenvalue weighted by Gasteiger charge is -2.07. The fourth-order valence-corrected chi connectivity index (χ4v) is 2.36. The molecule has 7 heteroatoms. The predicted octanol–water partition coefficient (Wildman–Crippen LogP) is 3.78. The molecule has 22 heavy (non-hydrogen) atoms. The van der Waals surface area contributed by atoms with E-state index in [4.69, 9.17) is 32.7 Å². The van der Waals surface area contributed by atoms with E-state index in [0.29, 0.717) is 21.4 Å². The van der Waals surface area contributed by atoms with Crippen LogP contribution in [-0.2, 0) is 14.3 Å². The Morgan fingerprint density at radius 2 is 2.05 bits per heavy atom. The second kappa shape index (κ2) is 6.85. The molecule has 0 saturated carbocycles. The van der Waals surface area contributed by atoms with Crippen molar-refractivity contribution in [1.82, 2.24) is 9.78 Å². The summed E-state index contributed by atoms with van der Waals surface area (Å²) in [5.74, 6) is -0.582. The highest BCUT2D eigenvalue weighted by Crippen LogP contribution is 2.32. The zero-order valence-corrected chi connectivity index (χ0v) is 13.8. The van der Waals surface area contributed by atoms with Crippen LogP contribution in [0.1, 0.15) is 5.69 Å². The molecule has 2 aromatic rings. The average molecular weight is 341 g/mol. The summed E-state index contributed by atoms with van der Waals surface area (Å²) in [5.41, 5.74) is 1.98. The van der Waals surface area contributed by atoms with Gasteiger partial charge in [-0.3, -0.25) is 0 Å². The summed E-state index contributed by atoms with van der Waals surface area (Å²) < 4.78 is 11.0. The maximum absolute atomic E-state index is 11.9. The average Bonchev–Trinajstić information content (AvgIpc) is 2.80. The van der Waals surface area contributed by atoms with Gasteiger partial charge in [-0.25, -0.2) is 9.48 Å². The smallest absolute Gasteiger partial charge is 0.359 e.